The highest BCUT2D eigenvalue weighted by atomic mass is 16.5. The van der Waals surface area contributed by atoms with E-state index in [0.717, 1.165) is 13.0 Å². The first kappa shape index (κ1) is 14.9. The number of rotatable bonds is 8. The van der Waals surface area contributed by atoms with Crippen LogP contribution in [0.15, 0.2) is 43.0 Å². The molecule has 6 heteroatoms. The van der Waals surface area contributed by atoms with Crippen LogP contribution in [0.2, 0.25) is 0 Å². The summed E-state index contributed by atoms with van der Waals surface area (Å²) in [5.41, 5.74) is 6.27. The number of aryl methyl sites for hydroxylation is 1. The van der Waals surface area contributed by atoms with E-state index in [1.807, 2.05) is 10.8 Å². The minimum Gasteiger partial charge on any atom is -0.493 e. The third-order valence-electron chi connectivity index (χ3n) is 2.82. The van der Waals surface area contributed by atoms with Crippen LogP contribution >= 0.6 is 0 Å². The largest absolute Gasteiger partial charge is 0.493 e. The lowest BCUT2D eigenvalue weighted by Crippen LogP contribution is -2.11. The molecule has 0 aliphatic rings. The van der Waals surface area contributed by atoms with Gasteiger partial charge in [-0.15, -0.1) is 0 Å². The molecule has 0 aliphatic heterocycles. The van der Waals surface area contributed by atoms with Gasteiger partial charge in [-0.1, -0.05) is 6.07 Å². The highest BCUT2D eigenvalue weighted by Gasteiger charge is 2.03. The van der Waals surface area contributed by atoms with Crippen LogP contribution in [-0.2, 0) is 16.1 Å². The van der Waals surface area contributed by atoms with Crippen LogP contribution in [0.3, 0.4) is 0 Å². The first-order valence-electron chi connectivity index (χ1n) is 6.84. The van der Waals surface area contributed by atoms with Crippen LogP contribution in [0, 0.1) is 0 Å². The van der Waals surface area contributed by atoms with Gasteiger partial charge < -0.3 is 19.8 Å². The van der Waals surface area contributed by atoms with Crippen molar-refractivity contribution in [2.45, 2.75) is 19.4 Å². The van der Waals surface area contributed by atoms with Crippen LogP contribution in [0.25, 0.3) is 0 Å². The predicted molar refractivity (Wildman–Crippen MR) is 78.8 cm³/mol. The first-order valence-corrected chi connectivity index (χ1v) is 6.84. The standard InChI is InChI=1S/C15H19N3O3/c16-13-3-1-4-14(11-13)20-10-5-15(19)21-9-2-7-18-8-6-17-12-18/h1,3-4,6,8,11-12H,2,5,7,9-10,16H2. The molecular weight excluding hydrogens is 270 g/mol. The molecule has 0 amide bonds. The van der Waals surface area contributed by atoms with E-state index in [1.54, 1.807) is 36.8 Å². The van der Waals surface area contributed by atoms with E-state index >= 15 is 0 Å². The number of aromatic nitrogens is 2. The molecule has 0 bridgehead atoms. The Kier molecular flexibility index (Phi) is 5.63. The van der Waals surface area contributed by atoms with Crippen molar-refractivity contribution in [1.82, 2.24) is 9.55 Å². The number of esters is 1. The van der Waals surface area contributed by atoms with Crippen molar-refractivity contribution in [2.75, 3.05) is 18.9 Å². The molecule has 0 radical (unpaired) electrons. The number of benzene rings is 1. The van der Waals surface area contributed by atoms with Crippen molar-refractivity contribution in [3.63, 3.8) is 0 Å². The maximum Gasteiger partial charge on any atom is 0.309 e. The summed E-state index contributed by atoms with van der Waals surface area (Å²) in [4.78, 5) is 15.5. The second kappa shape index (κ2) is 7.94. The number of nitrogens with two attached hydrogens (primary N) is 1. The number of hydrogen-bond acceptors (Lipinski definition) is 5. The van der Waals surface area contributed by atoms with Crippen molar-refractivity contribution >= 4 is 11.7 Å². The second-order valence-electron chi connectivity index (χ2n) is 4.55. The van der Waals surface area contributed by atoms with Crippen LogP contribution < -0.4 is 10.5 Å². The molecule has 1 heterocycles. The van der Waals surface area contributed by atoms with Gasteiger partial charge in [-0.3, -0.25) is 4.79 Å². The summed E-state index contributed by atoms with van der Waals surface area (Å²) in [6, 6.07) is 7.10. The molecule has 0 unspecified atom stereocenters. The molecule has 0 spiro atoms. The number of carbonyl (C=O) groups excluding carboxylic acids is 1. The molecule has 0 atom stereocenters. The van der Waals surface area contributed by atoms with Gasteiger partial charge in [-0.05, 0) is 18.6 Å². The first-order chi connectivity index (χ1) is 10.2. The number of imidazole rings is 1. The monoisotopic (exact) mass is 289 g/mol. The van der Waals surface area contributed by atoms with Crippen molar-refractivity contribution in [3.8, 4) is 5.75 Å². The summed E-state index contributed by atoms with van der Waals surface area (Å²) in [5, 5.41) is 0. The molecule has 0 fully saturated rings. The van der Waals surface area contributed by atoms with Crippen LogP contribution in [0.5, 0.6) is 5.75 Å². The zero-order chi connectivity index (χ0) is 14.9. The number of carbonyl (C=O) groups is 1. The zero-order valence-electron chi connectivity index (χ0n) is 11.8. The molecule has 1 aromatic carbocycles. The Morgan fingerprint density at radius 3 is 3.00 bits per heavy atom. The summed E-state index contributed by atoms with van der Waals surface area (Å²) in [6.45, 7) is 1.46. The fraction of sp³-hybridized carbons (Fsp3) is 0.333. The predicted octanol–water partition coefficient (Wildman–Crippen LogP) is 1.87. The summed E-state index contributed by atoms with van der Waals surface area (Å²) < 4.78 is 12.5. The minimum absolute atomic E-state index is 0.222. The van der Waals surface area contributed by atoms with E-state index in [1.165, 1.54) is 0 Å². The average Bonchev–Trinajstić information content (AvgIpc) is 2.97. The average molecular weight is 289 g/mol. The highest BCUT2D eigenvalue weighted by Crippen LogP contribution is 2.14. The molecule has 6 nitrogen and oxygen atoms in total. The Morgan fingerprint density at radius 2 is 2.24 bits per heavy atom. The van der Waals surface area contributed by atoms with Gasteiger partial charge in [-0.2, -0.15) is 0 Å². The van der Waals surface area contributed by atoms with E-state index in [4.69, 9.17) is 15.2 Å². The Hall–Kier alpha value is -2.50. The lowest BCUT2D eigenvalue weighted by molar-refractivity contribution is -0.144. The van der Waals surface area contributed by atoms with Gasteiger partial charge in [0.05, 0.1) is 26.0 Å². The van der Waals surface area contributed by atoms with Gasteiger partial charge >= 0.3 is 5.97 Å². The second-order valence-corrected chi connectivity index (χ2v) is 4.55. The van der Waals surface area contributed by atoms with Crippen molar-refractivity contribution in [2.24, 2.45) is 0 Å². The molecule has 1 aromatic heterocycles. The molecule has 0 saturated heterocycles. The van der Waals surface area contributed by atoms with E-state index in [-0.39, 0.29) is 19.0 Å². The van der Waals surface area contributed by atoms with E-state index in [0.29, 0.717) is 18.0 Å². The van der Waals surface area contributed by atoms with E-state index in [2.05, 4.69) is 4.98 Å². The normalized spacial score (nSPS) is 10.3. The van der Waals surface area contributed by atoms with Crippen LogP contribution in [0.1, 0.15) is 12.8 Å². The summed E-state index contributed by atoms with van der Waals surface area (Å²) in [7, 11) is 0. The maximum atomic E-state index is 11.5. The summed E-state index contributed by atoms with van der Waals surface area (Å²) in [5.74, 6) is 0.396. The van der Waals surface area contributed by atoms with Gasteiger partial charge in [0.2, 0.25) is 0 Å². The minimum atomic E-state index is -0.260. The van der Waals surface area contributed by atoms with Crippen molar-refractivity contribution < 1.29 is 14.3 Å². The Bertz CT molecular complexity index is 555. The lowest BCUT2D eigenvalue weighted by atomic mass is 10.3. The number of hydrogen-bond donors (Lipinski definition) is 1. The van der Waals surface area contributed by atoms with Gasteiger partial charge in [0, 0.05) is 30.7 Å². The van der Waals surface area contributed by atoms with Gasteiger partial charge in [0.1, 0.15) is 5.75 Å². The van der Waals surface area contributed by atoms with Crippen LogP contribution in [0.4, 0.5) is 5.69 Å². The fourth-order valence-corrected chi connectivity index (χ4v) is 1.78. The molecule has 2 rings (SSSR count). The summed E-state index contributed by atoms with van der Waals surface area (Å²) in [6.07, 6.45) is 6.32. The van der Waals surface area contributed by atoms with Crippen LogP contribution in [-0.4, -0.2) is 28.7 Å². The molecule has 21 heavy (non-hydrogen) atoms. The number of ether oxygens (including phenoxy) is 2. The molecule has 2 aromatic rings. The number of nitrogen functional groups attached to an aromatic ring is 1. The Morgan fingerprint density at radius 1 is 1.33 bits per heavy atom. The third kappa shape index (κ3) is 5.56. The Balaban J connectivity index is 1.55. The molecule has 112 valence electrons. The van der Waals surface area contributed by atoms with Gasteiger partial charge in [0.15, 0.2) is 0 Å². The maximum absolute atomic E-state index is 11.5. The fourth-order valence-electron chi connectivity index (χ4n) is 1.78. The lowest BCUT2D eigenvalue weighted by Gasteiger charge is -2.07. The van der Waals surface area contributed by atoms with Crippen molar-refractivity contribution in [3.05, 3.63) is 43.0 Å². The van der Waals surface area contributed by atoms with E-state index in [9.17, 15) is 4.79 Å². The topological polar surface area (TPSA) is 79.4 Å². The van der Waals surface area contributed by atoms with Gasteiger partial charge in [0.25, 0.3) is 0 Å². The number of nitrogens with zero attached hydrogens (tertiary/aromatic N) is 2. The number of anilines is 1. The molecule has 2 N–H and O–H groups in total. The third-order valence-corrected chi connectivity index (χ3v) is 2.82. The zero-order valence-corrected chi connectivity index (χ0v) is 11.8. The smallest absolute Gasteiger partial charge is 0.309 e. The summed E-state index contributed by atoms with van der Waals surface area (Å²) >= 11 is 0. The quantitative estimate of drug-likeness (QED) is 0.456. The van der Waals surface area contributed by atoms with Gasteiger partial charge in [-0.25, -0.2) is 4.98 Å². The van der Waals surface area contributed by atoms with Crippen molar-refractivity contribution in [1.29, 1.82) is 0 Å². The molecule has 0 saturated carbocycles. The Labute approximate surface area is 123 Å². The molecular formula is C15H19N3O3. The van der Waals surface area contributed by atoms with E-state index < -0.39 is 0 Å². The highest BCUT2D eigenvalue weighted by molar-refractivity contribution is 5.69. The SMILES string of the molecule is Nc1cccc(OCCC(=O)OCCCn2ccnc2)c1. The molecule has 0 aliphatic carbocycles.